The van der Waals surface area contributed by atoms with Crippen molar-refractivity contribution in [3.8, 4) is 6.07 Å². The third kappa shape index (κ3) is 9.96. The van der Waals surface area contributed by atoms with E-state index in [1.165, 1.54) is 36.9 Å². The second-order valence-electron chi connectivity index (χ2n) is 7.38. The zero-order valence-corrected chi connectivity index (χ0v) is 22.7. The van der Waals surface area contributed by atoms with Crippen molar-refractivity contribution in [1.29, 1.82) is 5.26 Å². The molecule has 2 aromatic carbocycles. The molecule has 2 rings (SSSR count). The van der Waals surface area contributed by atoms with E-state index in [9.17, 15) is 23.1 Å². The van der Waals surface area contributed by atoms with Gasteiger partial charge in [0.2, 0.25) is 0 Å². The molecule has 1 unspecified atom stereocenters. The number of nitriles is 1. The van der Waals surface area contributed by atoms with Gasteiger partial charge in [0.05, 0.1) is 17.2 Å². The Bertz CT molecular complexity index is 1240. The average Bonchev–Trinajstić information content (AvgIpc) is 2.91. The van der Waals surface area contributed by atoms with Crippen molar-refractivity contribution in [2.75, 3.05) is 10.6 Å². The number of allylic oxidation sites excluding steroid dienone is 5. The first-order chi connectivity index (χ1) is 18.1. The molecule has 0 aliphatic heterocycles. The molecule has 9 heteroatoms. The molecule has 3 N–H and O–H groups in total. The van der Waals surface area contributed by atoms with Crippen LogP contribution in [0.3, 0.4) is 0 Å². The minimum Gasteiger partial charge on any atom is -0.383 e. The van der Waals surface area contributed by atoms with Gasteiger partial charge < -0.3 is 15.7 Å². The number of benzene rings is 2. The number of aliphatic hydroxyl groups is 1. The van der Waals surface area contributed by atoms with Crippen LogP contribution in [0.25, 0.3) is 0 Å². The van der Waals surface area contributed by atoms with E-state index in [1.54, 1.807) is 43.3 Å². The highest BCUT2D eigenvalue weighted by Gasteiger charge is 2.32. The molecule has 1 amide bonds. The Morgan fingerprint density at radius 2 is 1.66 bits per heavy atom. The number of hydrogen-bond acceptors (Lipinski definition) is 5. The molecule has 38 heavy (non-hydrogen) atoms. The van der Waals surface area contributed by atoms with Crippen LogP contribution in [0.15, 0.2) is 94.4 Å². The van der Waals surface area contributed by atoms with Crippen LogP contribution in [0.5, 0.6) is 0 Å². The summed E-state index contributed by atoms with van der Waals surface area (Å²) < 4.78 is 40.2. The summed E-state index contributed by atoms with van der Waals surface area (Å²) in [6.07, 6.45) is -0.443. The van der Waals surface area contributed by atoms with Crippen LogP contribution in [0.2, 0.25) is 0 Å². The standard InChI is InChI=1S/C27H26F3N3O2S.C2H6/c1-4-13-36-24(6-3)25(34)19-10-8-12-22(15-19)33-26(35)23(16-20(5-2)27(28,29)30)32-21-11-7-9-18(14-21)17-31;1-2/h4-16,25,32,34H,1-3H3,(H,33,35);1-2H3/b13-4-,20-5-,23-16-,24-6?;. The molecule has 2 aromatic rings. The summed E-state index contributed by atoms with van der Waals surface area (Å²) >= 11 is 1.35. The Morgan fingerprint density at radius 1 is 1.03 bits per heavy atom. The van der Waals surface area contributed by atoms with Crippen LogP contribution in [-0.2, 0) is 4.79 Å². The number of carbonyl (C=O) groups is 1. The fourth-order valence-electron chi connectivity index (χ4n) is 3.05. The summed E-state index contributed by atoms with van der Waals surface area (Å²) in [5.41, 5.74) is -0.0492. The molecule has 0 aromatic heterocycles. The minimum absolute atomic E-state index is 0.274. The SMILES string of the molecule is CC.CC=C(S/C=C\C)C(O)c1cccc(NC(=O)/C(=C/C(=C/C)C(F)(F)F)Nc2cccc(C#N)c2)c1. The van der Waals surface area contributed by atoms with Crippen LogP contribution in [0.4, 0.5) is 24.5 Å². The average molecular weight is 544 g/mol. The molecule has 0 saturated carbocycles. The minimum atomic E-state index is -4.67. The Balaban J connectivity index is 0.00000352. The van der Waals surface area contributed by atoms with E-state index in [0.717, 1.165) is 6.08 Å². The molecule has 0 aliphatic carbocycles. The fraction of sp³-hybridized carbons (Fsp3) is 0.241. The quantitative estimate of drug-likeness (QED) is 0.219. The second-order valence-corrected chi connectivity index (χ2v) is 8.36. The van der Waals surface area contributed by atoms with Gasteiger partial charge in [-0.3, -0.25) is 4.79 Å². The van der Waals surface area contributed by atoms with E-state index in [-0.39, 0.29) is 22.6 Å². The Morgan fingerprint density at radius 3 is 2.21 bits per heavy atom. The highest BCUT2D eigenvalue weighted by Crippen LogP contribution is 2.32. The van der Waals surface area contributed by atoms with E-state index in [2.05, 4.69) is 10.6 Å². The lowest BCUT2D eigenvalue weighted by atomic mass is 10.1. The van der Waals surface area contributed by atoms with Gasteiger partial charge in [0, 0.05) is 16.3 Å². The van der Waals surface area contributed by atoms with Gasteiger partial charge in [-0.15, -0.1) is 11.8 Å². The molecule has 0 bridgehead atoms. The molecular weight excluding hydrogens is 511 g/mol. The maximum atomic E-state index is 13.4. The topological polar surface area (TPSA) is 85.2 Å². The van der Waals surface area contributed by atoms with E-state index < -0.39 is 23.8 Å². The van der Waals surface area contributed by atoms with Crippen molar-refractivity contribution < 1.29 is 23.1 Å². The van der Waals surface area contributed by atoms with Crippen LogP contribution in [-0.4, -0.2) is 17.2 Å². The van der Waals surface area contributed by atoms with Crippen LogP contribution in [0, 0.1) is 11.3 Å². The number of anilines is 2. The number of carbonyl (C=O) groups excluding carboxylic acids is 1. The summed E-state index contributed by atoms with van der Waals surface area (Å²) in [6, 6.07) is 14.4. The van der Waals surface area contributed by atoms with Crippen molar-refractivity contribution in [3.63, 3.8) is 0 Å². The predicted octanol–water partition coefficient (Wildman–Crippen LogP) is 8.23. The monoisotopic (exact) mass is 543 g/mol. The first-order valence-corrected chi connectivity index (χ1v) is 12.8. The van der Waals surface area contributed by atoms with E-state index in [0.29, 0.717) is 16.5 Å². The lowest BCUT2D eigenvalue weighted by Crippen LogP contribution is -2.22. The van der Waals surface area contributed by atoms with Crippen molar-refractivity contribution in [1.82, 2.24) is 0 Å². The van der Waals surface area contributed by atoms with Crippen LogP contribution >= 0.6 is 11.8 Å². The van der Waals surface area contributed by atoms with E-state index >= 15 is 0 Å². The molecule has 0 saturated heterocycles. The summed E-state index contributed by atoms with van der Waals surface area (Å²) in [5, 5.41) is 26.9. The van der Waals surface area contributed by atoms with Gasteiger partial charge in [0.25, 0.3) is 5.91 Å². The number of nitrogens with one attached hydrogen (secondary N) is 2. The van der Waals surface area contributed by atoms with Crippen molar-refractivity contribution in [2.24, 2.45) is 0 Å². The molecule has 202 valence electrons. The summed E-state index contributed by atoms with van der Waals surface area (Å²) in [6.45, 7) is 8.88. The van der Waals surface area contributed by atoms with Crippen molar-refractivity contribution >= 4 is 29.0 Å². The molecule has 5 nitrogen and oxygen atoms in total. The summed E-state index contributed by atoms with van der Waals surface area (Å²) in [5.74, 6) is -0.831. The molecule has 0 radical (unpaired) electrons. The number of thioether (sulfide) groups is 1. The number of rotatable bonds is 9. The van der Waals surface area contributed by atoms with Crippen LogP contribution in [0.1, 0.15) is 51.8 Å². The molecule has 0 heterocycles. The molecule has 0 spiro atoms. The summed E-state index contributed by atoms with van der Waals surface area (Å²) in [7, 11) is 0. The predicted molar refractivity (Wildman–Crippen MR) is 150 cm³/mol. The first kappa shape index (κ1) is 32.3. The number of amides is 1. The number of halogens is 3. The van der Waals surface area contributed by atoms with Gasteiger partial charge in [0.1, 0.15) is 11.8 Å². The third-order valence-corrected chi connectivity index (χ3v) is 5.95. The van der Waals surface area contributed by atoms with Gasteiger partial charge in [-0.2, -0.15) is 18.4 Å². The Labute approximate surface area is 226 Å². The normalized spacial score (nSPS) is 13.3. The maximum Gasteiger partial charge on any atom is 0.416 e. The number of hydrogen-bond donors (Lipinski definition) is 3. The Kier molecular flexibility index (Phi) is 13.7. The van der Waals surface area contributed by atoms with Gasteiger partial charge in [-0.05, 0) is 68.2 Å². The maximum absolute atomic E-state index is 13.4. The zero-order chi connectivity index (χ0) is 28.7. The summed E-state index contributed by atoms with van der Waals surface area (Å²) in [4.78, 5) is 13.8. The van der Waals surface area contributed by atoms with Crippen LogP contribution < -0.4 is 10.6 Å². The van der Waals surface area contributed by atoms with Gasteiger partial charge in [-0.25, -0.2) is 0 Å². The Hall–Kier alpha value is -3.74. The van der Waals surface area contributed by atoms with Gasteiger partial charge >= 0.3 is 6.18 Å². The molecular formula is C29H32F3N3O2S. The van der Waals surface area contributed by atoms with Gasteiger partial charge in [0.15, 0.2) is 0 Å². The molecule has 0 aliphatic rings. The number of aliphatic hydroxyl groups excluding tert-OH is 1. The molecule has 1 atom stereocenters. The van der Waals surface area contributed by atoms with Gasteiger partial charge in [-0.1, -0.05) is 50.3 Å². The number of alkyl halides is 3. The lowest BCUT2D eigenvalue weighted by Gasteiger charge is -2.16. The highest BCUT2D eigenvalue weighted by atomic mass is 32.2. The molecule has 0 fully saturated rings. The van der Waals surface area contributed by atoms with E-state index in [4.69, 9.17) is 5.26 Å². The van der Waals surface area contributed by atoms with E-state index in [1.807, 2.05) is 38.3 Å². The second kappa shape index (κ2) is 16.2. The van der Waals surface area contributed by atoms with Crippen molar-refractivity contribution in [2.45, 2.75) is 46.9 Å². The number of nitrogens with zero attached hydrogens (tertiary/aromatic N) is 1. The largest absolute Gasteiger partial charge is 0.416 e. The zero-order valence-electron chi connectivity index (χ0n) is 21.9. The smallest absolute Gasteiger partial charge is 0.383 e. The lowest BCUT2D eigenvalue weighted by molar-refractivity contribution is -0.112. The highest BCUT2D eigenvalue weighted by molar-refractivity contribution is 8.05. The first-order valence-electron chi connectivity index (χ1n) is 11.9. The third-order valence-electron chi connectivity index (χ3n) is 4.81. The fourth-order valence-corrected chi connectivity index (χ4v) is 3.75. The van der Waals surface area contributed by atoms with Crippen molar-refractivity contribution in [3.05, 3.63) is 106 Å².